The van der Waals surface area contributed by atoms with Gasteiger partial charge in [-0.3, -0.25) is 4.79 Å². The van der Waals surface area contributed by atoms with Crippen LogP contribution in [0.2, 0.25) is 5.02 Å². The molecule has 0 bridgehead atoms. The van der Waals surface area contributed by atoms with Gasteiger partial charge in [0.15, 0.2) is 6.61 Å². The van der Waals surface area contributed by atoms with Crippen molar-refractivity contribution in [3.8, 4) is 5.75 Å². The second-order valence-electron chi connectivity index (χ2n) is 3.66. The molecule has 0 saturated heterocycles. The molecule has 0 unspecified atom stereocenters. The number of aliphatic carboxylic acids is 1. The van der Waals surface area contributed by atoms with Crippen molar-refractivity contribution in [1.82, 2.24) is 5.32 Å². The van der Waals surface area contributed by atoms with E-state index in [9.17, 15) is 14.0 Å². The maximum Gasteiger partial charge on any atom is 0.329 e. The van der Waals surface area contributed by atoms with Crippen LogP contribution in [0.4, 0.5) is 4.39 Å². The molecule has 20 heavy (non-hydrogen) atoms. The molecule has 0 aromatic heterocycles. The Hall–Kier alpha value is -1.86. The highest BCUT2D eigenvalue weighted by Gasteiger charge is 2.05. The first-order valence-corrected chi connectivity index (χ1v) is 6.01. The fourth-order valence-electron chi connectivity index (χ4n) is 1.19. The van der Waals surface area contributed by atoms with E-state index in [-0.39, 0.29) is 30.5 Å². The Morgan fingerprint density at radius 3 is 2.75 bits per heavy atom. The lowest BCUT2D eigenvalue weighted by Gasteiger charge is -2.08. The third kappa shape index (κ3) is 6.35. The molecule has 0 heterocycles. The van der Waals surface area contributed by atoms with Crippen LogP contribution in [0.3, 0.4) is 0 Å². The zero-order valence-electron chi connectivity index (χ0n) is 10.4. The Kier molecular flexibility index (Phi) is 6.75. The second kappa shape index (κ2) is 8.34. The monoisotopic (exact) mass is 305 g/mol. The van der Waals surface area contributed by atoms with Gasteiger partial charge in [0.05, 0.1) is 11.6 Å². The van der Waals surface area contributed by atoms with Crippen molar-refractivity contribution in [2.75, 3.05) is 26.4 Å². The summed E-state index contributed by atoms with van der Waals surface area (Å²) in [5, 5.41) is 10.7. The molecule has 0 fully saturated rings. The average molecular weight is 306 g/mol. The van der Waals surface area contributed by atoms with Crippen molar-refractivity contribution in [1.29, 1.82) is 0 Å². The number of rotatable bonds is 8. The van der Waals surface area contributed by atoms with Gasteiger partial charge < -0.3 is 19.9 Å². The number of carboxylic acids is 1. The summed E-state index contributed by atoms with van der Waals surface area (Å²) in [6.07, 6.45) is 0. The number of carbonyl (C=O) groups is 2. The van der Waals surface area contributed by atoms with Gasteiger partial charge in [-0.2, -0.15) is 0 Å². The first-order valence-electron chi connectivity index (χ1n) is 5.63. The lowest BCUT2D eigenvalue weighted by molar-refractivity contribution is -0.142. The summed E-state index contributed by atoms with van der Waals surface area (Å²) in [4.78, 5) is 21.5. The van der Waals surface area contributed by atoms with Gasteiger partial charge in [0.1, 0.15) is 18.2 Å². The lowest BCUT2D eigenvalue weighted by Crippen LogP contribution is -2.32. The minimum absolute atomic E-state index is 0.0837. The molecule has 0 aliphatic carbocycles. The van der Waals surface area contributed by atoms with Crippen LogP contribution in [0.25, 0.3) is 0 Å². The molecule has 1 aromatic rings. The SMILES string of the molecule is O=C(O)COCCNC(=O)COc1ccc(F)c(Cl)c1. The predicted octanol–water partition coefficient (Wildman–Crippen LogP) is 1.08. The highest BCUT2D eigenvalue weighted by atomic mass is 35.5. The zero-order chi connectivity index (χ0) is 15.0. The Bertz CT molecular complexity index is 483. The summed E-state index contributed by atoms with van der Waals surface area (Å²) >= 11 is 5.55. The summed E-state index contributed by atoms with van der Waals surface area (Å²) < 4.78 is 22.7. The summed E-state index contributed by atoms with van der Waals surface area (Å²) in [7, 11) is 0. The number of hydrogen-bond acceptors (Lipinski definition) is 4. The minimum atomic E-state index is -1.08. The predicted molar refractivity (Wildman–Crippen MR) is 68.4 cm³/mol. The lowest BCUT2D eigenvalue weighted by atomic mass is 10.3. The van der Waals surface area contributed by atoms with Gasteiger partial charge in [-0.25, -0.2) is 9.18 Å². The maximum absolute atomic E-state index is 12.9. The second-order valence-corrected chi connectivity index (χ2v) is 4.07. The third-order valence-electron chi connectivity index (χ3n) is 2.06. The van der Waals surface area contributed by atoms with E-state index in [1.165, 1.54) is 12.1 Å². The summed E-state index contributed by atoms with van der Waals surface area (Å²) in [6.45, 7) is -0.429. The first-order chi connectivity index (χ1) is 9.49. The number of amides is 1. The molecule has 0 radical (unpaired) electrons. The molecule has 110 valence electrons. The van der Waals surface area contributed by atoms with E-state index < -0.39 is 24.3 Å². The molecule has 0 aliphatic heterocycles. The zero-order valence-corrected chi connectivity index (χ0v) is 11.2. The smallest absolute Gasteiger partial charge is 0.329 e. The topological polar surface area (TPSA) is 84.9 Å². The van der Waals surface area contributed by atoms with E-state index in [2.05, 4.69) is 5.32 Å². The van der Waals surface area contributed by atoms with E-state index in [0.29, 0.717) is 0 Å². The normalized spacial score (nSPS) is 10.1. The van der Waals surface area contributed by atoms with Gasteiger partial charge in [0.2, 0.25) is 0 Å². The standard InChI is InChI=1S/C12H13ClFNO5/c13-9-5-8(1-2-10(9)14)20-6-11(16)15-3-4-19-7-12(17)18/h1-2,5H,3-4,6-7H2,(H,15,16)(H,17,18). The van der Waals surface area contributed by atoms with Crippen molar-refractivity contribution in [3.63, 3.8) is 0 Å². The van der Waals surface area contributed by atoms with E-state index in [0.717, 1.165) is 6.07 Å². The molecular formula is C12H13ClFNO5. The number of ether oxygens (including phenoxy) is 2. The Labute approximate surface area is 119 Å². The molecular weight excluding hydrogens is 293 g/mol. The highest BCUT2D eigenvalue weighted by Crippen LogP contribution is 2.20. The molecule has 1 amide bonds. The van der Waals surface area contributed by atoms with Crippen molar-refractivity contribution in [2.24, 2.45) is 0 Å². The fourth-order valence-corrected chi connectivity index (χ4v) is 1.36. The molecule has 6 nitrogen and oxygen atoms in total. The number of carboxylic acid groups (broad SMARTS) is 1. The number of nitrogens with one attached hydrogen (secondary N) is 1. The Morgan fingerprint density at radius 2 is 2.10 bits per heavy atom. The van der Waals surface area contributed by atoms with Gasteiger partial charge in [-0.1, -0.05) is 11.6 Å². The quantitative estimate of drug-likeness (QED) is 0.702. The average Bonchev–Trinajstić information content (AvgIpc) is 2.39. The summed E-state index contributed by atoms with van der Waals surface area (Å²) in [5.74, 6) is -1.79. The molecule has 0 spiro atoms. The van der Waals surface area contributed by atoms with Crippen LogP contribution in [0.5, 0.6) is 5.75 Å². The third-order valence-corrected chi connectivity index (χ3v) is 2.34. The van der Waals surface area contributed by atoms with Crippen LogP contribution in [0.15, 0.2) is 18.2 Å². The molecule has 0 aliphatic rings. The fraction of sp³-hybridized carbons (Fsp3) is 0.333. The number of halogens is 2. The molecule has 0 saturated carbocycles. The number of hydrogen-bond donors (Lipinski definition) is 2. The van der Waals surface area contributed by atoms with Crippen LogP contribution in [-0.4, -0.2) is 43.3 Å². The van der Waals surface area contributed by atoms with Gasteiger partial charge in [0.25, 0.3) is 5.91 Å². The number of benzene rings is 1. The molecule has 1 rings (SSSR count). The van der Waals surface area contributed by atoms with Crippen molar-refractivity contribution in [3.05, 3.63) is 29.0 Å². The van der Waals surface area contributed by atoms with Crippen LogP contribution >= 0.6 is 11.6 Å². The van der Waals surface area contributed by atoms with E-state index in [1.54, 1.807) is 0 Å². The van der Waals surface area contributed by atoms with Gasteiger partial charge in [-0.15, -0.1) is 0 Å². The van der Waals surface area contributed by atoms with Crippen molar-refractivity contribution < 1.29 is 28.6 Å². The molecule has 2 N–H and O–H groups in total. The van der Waals surface area contributed by atoms with Gasteiger partial charge >= 0.3 is 5.97 Å². The largest absolute Gasteiger partial charge is 0.484 e. The minimum Gasteiger partial charge on any atom is -0.484 e. The first kappa shape index (κ1) is 16.2. The Morgan fingerprint density at radius 1 is 1.35 bits per heavy atom. The van der Waals surface area contributed by atoms with E-state index in [1.807, 2.05) is 0 Å². The van der Waals surface area contributed by atoms with Gasteiger partial charge in [0, 0.05) is 12.6 Å². The van der Waals surface area contributed by atoms with Crippen LogP contribution in [-0.2, 0) is 14.3 Å². The van der Waals surface area contributed by atoms with Crippen molar-refractivity contribution in [2.45, 2.75) is 0 Å². The summed E-state index contributed by atoms with van der Waals surface area (Å²) in [5.41, 5.74) is 0. The number of carbonyl (C=O) groups excluding carboxylic acids is 1. The van der Waals surface area contributed by atoms with Crippen LogP contribution < -0.4 is 10.1 Å². The highest BCUT2D eigenvalue weighted by molar-refractivity contribution is 6.30. The summed E-state index contributed by atoms with van der Waals surface area (Å²) in [6, 6.07) is 3.75. The van der Waals surface area contributed by atoms with E-state index in [4.69, 9.17) is 26.2 Å². The van der Waals surface area contributed by atoms with Crippen molar-refractivity contribution >= 4 is 23.5 Å². The van der Waals surface area contributed by atoms with Gasteiger partial charge in [-0.05, 0) is 12.1 Å². The van der Waals surface area contributed by atoms with Crippen LogP contribution in [0, 0.1) is 5.82 Å². The Balaban J connectivity index is 2.19. The molecule has 8 heteroatoms. The molecule has 1 aromatic carbocycles. The van der Waals surface area contributed by atoms with E-state index >= 15 is 0 Å². The van der Waals surface area contributed by atoms with Crippen LogP contribution in [0.1, 0.15) is 0 Å². The maximum atomic E-state index is 12.9. The molecule has 0 atom stereocenters.